The second-order valence-corrected chi connectivity index (χ2v) is 4.77. The van der Waals surface area contributed by atoms with E-state index in [9.17, 15) is 4.79 Å². The van der Waals surface area contributed by atoms with Crippen molar-refractivity contribution in [2.75, 3.05) is 19.7 Å². The number of aryl methyl sites for hydroxylation is 1. The third kappa shape index (κ3) is 5.02. The molecule has 0 fully saturated rings. The van der Waals surface area contributed by atoms with Crippen LogP contribution in [0.4, 0.5) is 0 Å². The van der Waals surface area contributed by atoms with E-state index in [0.717, 1.165) is 24.1 Å². The highest BCUT2D eigenvalue weighted by atomic mass is 16.5. The molecule has 0 spiro atoms. The number of hydrogen-bond acceptors (Lipinski definition) is 4. The van der Waals surface area contributed by atoms with Gasteiger partial charge in [-0.15, -0.1) is 0 Å². The van der Waals surface area contributed by atoms with Crippen molar-refractivity contribution in [1.82, 2.24) is 4.90 Å². The molecule has 0 unspecified atom stereocenters. The number of rotatable bonds is 7. The zero-order chi connectivity index (χ0) is 15.0. The fourth-order valence-corrected chi connectivity index (χ4v) is 2.10. The number of nitriles is 1. The van der Waals surface area contributed by atoms with Crippen molar-refractivity contribution in [3.05, 3.63) is 34.9 Å². The van der Waals surface area contributed by atoms with Gasteiger partial charge in [0.15, 0.2) is 0 Å². The second kappa shape index (κ2) is 8.34. The Hall–Kier alpha value is -1.86. The van der Waals surface area contributed by atoms with Gasteiger partial charge in [0.25, 0.3) is 0 Å². The summed E-state index contributed by atoms with van der Waals surface area (Å²) < 4.78 is 5.00. The van der Waals surface area contributed by atoms with Gasteiger partial charge in [-0.05, 0) is 50.1 Å². The molecule has 108 valence electrons. The standard InChI is InChI=1S/C16H22N2O2/c1-4-8-18(12-16(19)20-5-2)11-15-7-6-14(10-17)9-13(15)3/h6-7,9H,4-5,8,11-12H2,1-3H3. The van der Waals surface area contributed by atoms with Crippen LogP contribution in [0.5, 0.6) is 0 Å². The molecule has 0 aliphatic carbocycles. The van der Waals surface area contributed by atoms with E-state index in [1.54, 1.807) is 0 Å². The van der Waals surface area contributed by atoms with Crippen LogP contribution in [-0.2, 0) is 16.1 Å². The Kier molecular flexibility index (Phi) is 6.75. The summed E-state index contributed by atoms with van der Waals surface area (Å²) in [5.41, 5.74) is 2.88. The second-order valence-electron chi connectivity index (χ2n) is 4.77. The highest BCUT2D eigenvalue weighted by molar-refractivity contribution is 5.71. The van der Waals surface area contributed by atoms with E-state index in [1.165, 1.54) is 0 Å². The number of benzene rings is 1. The lowest BCUT2D eigenvalue weighted by Gasteiger charge is -2.21. The summed E-state index contributed by atoms with van der Waals surface area (Å²) in [4.78, 5) is 13.7. The molecule has 1 aromatic rings. The quantitative estimate of drug-likeness (QED) is 0.717. The third-order valence-electron chi connectivity index (χ3n) is 3.06. The first-order valence-corrected chi connectivity index (χ1v) is 6.98. The Morgan fingerprint density at radius 2 is 2.15 bits per heavy atom. The van der Waals surface area contributed by atoms with Gasteiger partial charge in [0.2, 0.25) is 0 Å². The van der Waals surface area contributed by atoms with Crippen molar-refractivity contribution in [1.29, 1.82) is 5.26 Å². The highest BCUT2D eigenvalue weighted by Gasteiger charge is 2.12. The van der Waals surface area contributed by atoms with E-state index in [-0.39, 0.29) is 5.97 Å². The predicted molar refractivity (Wildman–Crippen MR) is 78.1 cm³/mol. The molecule has 0 bridgehead atoms. The average molecular weight is 274 g/mol. The SMILES string of the molecule is CCCN(CC(=O)OCC)Cc1ccc(C#N)cc1C. The Morgan fingerprint density at radius 1 is 1.40 bits per heavy atom. The molecule has 0 N–H and O–H groups in total. The fraction of sp³-hybridized carbons (Fsp3) is 0.500. The zero-order valence-corrected chi connectivity index (χ0v) is 12.5. The first kappa shape index (κ1) is 16.2. The molecule has 0 aliphatic rings. The minimum Gasteiger partial charge on any atom is -0.465 e. The van der Waals surface area contributed by atoms with Crippen LogP contribution in [0, 0.1) is 18.3 Å². The van der Waals surface area contributed by atoms with Crippen molar-refractivity contribution in [3.8, 4) is 6.07 Å². The summed E-state index contributed by atoms with van der Waals surface area (Å²) in [7, 11) is 0. The molecule has 1 rings (SSSR count). The van der Waals surface area contributed by atoms with Crippen molar-refractivity contribution in [2.24, 2.45) is 0 Å². The molecule has 0 saturated carbocycles. The van der Waals surface area contributed by atoms with Crippen molar-refractivity contribution >= 4 is 5.97 Å². The van der Waals surface area contributed by atoms with Gasteiger partial charge >= 0.3 is 5.97 Å². The summed E-state index contributed by atoms with van der Waals surface area (Å²) in [5, 5.41) is 8.88. The Labute approximate surface area is 121 Å². The van der Waals surface area contributed by atoms with Gasteiger partial charge in [0.1, 0.15) is 0 Å². The average Bonchev–Trinajstić information content (AvgIpc) is 2.41. The summed E-state index contributed by atoms with van der Waals surface area (Å²) >= 11 is 0. The molecule has 0 heterocycles. The van der Waals surface area contributed by atoms with E-state index in [2.05, 4.69) is 17.9 Å². The number of carbonyl (C=O) groups excluding carboxylic acids is 1. The highest BCUT2D eigenvalue weighted by Crippen LogP contribution is 2.13. The summed E-state index contributed by atoms with van der Waals surface area (Å²) in [5.74, 6) is -0.188. The zero-order valence-electron chi connectivity index (χ0n) is 12.5. The van der Waals surface area contributed by atoms with Gasteiger partial charge in [0, 0.05) is 6.54 Å². The van der Waals surface area contributed by atoms with Crippen LogP contribution in [0.25, 0.3) is 0 Å². The number of ether oxygens (including phenoxy) is 1. The topological polar surface area (TPSA) is 53.3 Å². The third-order valence-corrected chi connectivity index (χ3v) is 3.06. The number of hydrogen-bond donors (Lipinski definition) is 0. The monoisotopic (exact) mass is 274 g/mol. The molecule has 4 heteroatoms. The minimum absolute atomic E-state index is 0.188. The van der Waals surface area contributed by atoms with E-state index < -0.39 is 0 Å². The first-order chi connectivity index (χ1) is 9.60. The Balaban J connectivity index is 2.75. The van der Waals surface area contributed by atoms with E-state index >= 15 is 0 Å². The summed E-state index contributed by atoms with van der Waals surface area (Å²) in [6.45, 7) is 8.15. The first-order valence-electron chi connectivity index (χ1n) is 6.98. The smallest absolute Gasteiger partial charge is 0.320 e. The van der Waals surface area contributed by atoms with Crippen molar-refractivity contribution < 1.29 is 9.53 Å². The van der Waals surface area contributed by atoms with Crippen molar-refractivity contribution in [2.45, 2.75) is 33.7 Å². The molecule has 4 nitrogen and oxygen atoms in total. The Morgan fingerprint density at radius 3 is 2.70 bits per heavy atom. The molecule has 1 aromatic carbocycles. The maximum absolute atomic E-state index is 11.6. The van der Waals surface area contributed by atoms with Crippen molar-refractivity contribution in [3.63, 3.8) is 0 Å². The summed E-state index contributed by atoms with van der Waals surface area (Å²) in [6.07, 6.45) is 0.981. The molecule has 0 saturated heterocycles. The Bertz CT molecular complexity index is 492. The van der Waals surface area contributed by atoms with Gasteiger partial charge in [-0.2, -0.15) is 5.26 Å². The van der Waals surface area contributed by atoms with Crippen LogP contribution >= 0.6 is 0 Å². The molecule has 0 radical (unpaired) electrons. The number of esters is 1. The lowest BCUT2D eigenvalue weighted by Crippen LogP contribution is -2.31. The molecule has 20 heavy (non-hydrogen) atoms. The van der Waals surface area contributed by atoms with Crippen LogP contribution in [0.15, 0.2) is 18.2 Å². The van der Waals surface area contributed by atoms with Crippen LogP contribution < -0.4 is 0 Å². The maximum Gasteiger partial charge on any atom is 0.320 e. The van der Waals surface area contributed by atoms with Crippen LogP contribution in [0.1, 0.15) is 37.0 Å². The van der Waals surface area contributed by atoms with Gasteiger partial charge in [0.05, 0.1) is 24.8 Å². The van der Waals surface area contributed by atoms with E-state index in [1.807, 2.05) is 32.0 Å². The number of carbonyl (C=O) groups is 1. The molecular formula is C16H22N2O2. The van der Waals surface area contributed by atoms with Gasteiger partial charge in [-0.25, -0.2) is 0 Å². The lowest BCUT2D eigenvalue weighted by atomic mass is 10.1. The molecular weight excluding hydrogens is 252 g/mol. The fourth-order valence-electron chi connectivity index (χ4n) is 2.10. The molecule has 0 amide bonds. The van der Waals surface area contributed by atoms with Crippen LogP contribution in [0.2, 0.25) is 0 Å². The van der Waals surface area contributed by atoms with E-state index in [4.69, 9.17) is 10.00 Å². The normalized spacial score (nSPS) is 10.3. The van der Waals surface area contributed by atoms with Crippen LogP contribution in [-0.4, -0.2) is 30.6 Å². The number of nitrogens with zero attached hydrogens (tertiary/aromatic N) is 2. The van der Waals surface area contributed by atoms with E-state index in [0.29, 0.717) is 25.3 Å². The van der Waals surface area contributed by atoms with Gasteiger partial charge in [-0.1, -0.05) is 13.0 Å². The molecule has 0 atom stereocenters. The van der Waals surface area contributed by atoms with Gasteiger partial charge < -0.3 is 4.74 Å². The van der Waals surface area contributed by atoms with Crippen LogP contribution in [0.3, 0.4) is 0 Å². The lowest BCUT2D eigenvalue weighted by molar-refractivity contribution is -0.144. The minimum atomic E-state index is -0.188. The molecule has 0 aromatic heterocycles. The van der Waals surface area contributed by atoms with Gasteiger partial charge in [-0.3, -0.25) is 9.69 Å². The summed E-state index contributed by atoms with van der Waals surface area (Å²) in [6, 6.07) is 7.79. The molecule has 0 aliphatic heterocycles. The predicted octanol–water partition coefficient (Wildman–Crippen LogP) is 2.64. The maximum atomic E-state index is 11.6. The largest absolute Gasteiger partial charge is 0.465 e.